The number of para-hydroxylation sites is 1. The second-order valence-corrected chi connectivity index (χ2v) is 18.7. The Morgan fingerprint density at radius 3 is 2.62 bits per heavy atom. The number of ketones is 2. The molecule has 17 heteroatoms. The Bertz CT molecular complexity index is 2570. The first-order chi connectivity index (χ1) is 31.5. The van der Waals surface area contributed by atoms with Crippen molar-refractivity contribution >= 4 is 34.2 Å². The van der Waals surface area contributed by atoms with Crippen molar-refractivity contribution in [1.29, 1.82) is 0 Å². The van der Waals surface area contributed by atoms with E-state index in [-0.39, 0.29) is 53.1 Å². The maximum absolute atomic E-state index is 14.2. The molecule has 15 nitrogen and oxygen atoms in total. The standard InChI is InChI=1S/C48H59F2N9O6/c1-55(26-37-27-57(21-22-64-37)20-4-6-32-5-3-7-41-44(32)56(2)48(63)59(41)40-17-16-36(60)24-42(40)61)25-31-11-14-35(15-12-31)58-28-38(43(54-58)45(49)50)52-46(62)39-29-65-47(53-39)33-18-19-51-34(23-33)13-10-30-8-9-30/h3,5,7,18-19,23,28-31,35,37,40,45H,4,6,8-17,20-22,24-27H2,1-2H3,(H,52,62)/t31?,35?,37-,40?/m0/s1. The summed E-state index contributed by atoms with van der Waals surface area (Å²) < 4.78 is 45.1. The number of hydrogen-bond acceptors (Lipinski definition) is 11. The molecule has 3 aliphatic carbocycles. The van der Waals surface area contributed by atoms with Crippen LogP contribution in [0.25, 0.3) is 22.5 Å². The van der Waals surface area contributed by atoms with Crippen molar-refractivity contribution in [1.82, 2.24) is 38.7 Å². The monoisotopic (exact) mass is 895 g/mol. The minimum Gasteiger partial charge on any atom is -0.444 e. The average Bonchev–Trinajstić information content (AvgIpc) is 3.70. The second-order valence-electron chi connectivity index (χ2n) is 18.7. The molecule has 1 amide bonds. The number of Topliss-reactive ketones (excluding diaryl/α,β-unsaturated/α-hetero) is 2. The van der Waals surface area contributed by atoms with Crippen molar-refractivity contribution < 1.29 is 32.3 Å². The number of alkyl halides is 2. The van der Waals surface area contributed by atoms with E-state index in [9.17, 15) is 28.0 Å². The zero-order valence-corrected chi connectivity index (χ0v) is 37.3. The van der Waals surface area contributed by atoms with Crippen molar-refractivity contribution in [3.63, 3.8) is 0 Å². The summed E-state index contributed by atoms with van der Waals surface area (Å²) >= 11 is 0. The first kappa shape index (κ1) is 44.8. The zero-order valence-electron chi connectivity index (χ0n) is 37.3. The Morgan fingerprint density at radius 2 is 1.83 bits per heavy atom. The summed E-state index contributed by atoms with van der Waals surface area (Å²) in [5.41, 5.74) is 3.58. The van der Waals surface area contributed by atoms with Crippen molar-refractivity contribution in [3.8, 4) is 11.5 Å². The van der Waals surface area contributed by atoms with Crippen LogP contribution in [0.2, 0.25) is 0 Å². The highest BCUT2D eigenvalue weighted by Crippen LogP contribution is 2.36. The molecule has 0 spiro atoms. The largest absolute Gasteiger partial charge is 0.444 e. The van der Waals surface area contributed by atoms with Crippen LogP contribution < -0.4 is 11.0 Å². The van der Waals surface area contributed by atoms with E-state index in [1.807, 2.05) is 18.2 Å². The van der Waals surface area contributed by atoms with Gasteiger partial charge in [-0.2, -0.15) is 5.10 Å². The topological polar surface area (TPSA) is 163 Å². The summed E-state index contributed by atoms with van der Waals surface area (Å²) in [6.07, 6.45) is 11.9. The number of nitrogens with zero attached hydrogens (tertiary/aromatic N) is 8. The fraction of sp³-hybridized carbons (Fsp3) is 0.562. The number of benzene rings is 1. The summed E-state index contributed by atoms with van der Waals surface area (Å²) in [6, 6.07) is 8.93. The highest BCUT2D eigenvalue weighted by atomic mass is 19.3. The lowest BCUT2D eigenvalue weighted by molar-refractivity contribution is -0.132. The van der Waals surface area contributed by atoms with Gasteiger partial charge in [-0.25, -0.2) is 18.6 Å². The van der Waals surface area contributed by atoms with E-state index in [1.54, 1.807) is 33.1 Å². The molecule has 0 radical (unpaired) electrons. The number of hydrogen-bond donors (Lipinski definition) is 1. The van der Waals surface area contributed by atoms with Gasteiger partial charge < -0.3 is 19.4 Å². The Morgan fingerprint density at radius 1 is 1.02 bits per heavy atom. The first-order valence-corrected chi connectivity index (χ1v) is 23.3. The highest BCUT2D eigenvalue weighted by molar-refractivity contribution is 6.04. The van der Waals surface area contributed by atoms with Crippen LogP contribution in [0.5, 0.6) is 0 Å². The molecule has 1 N–H and O–H groups in total. The molecule has 4 aliphatic rings. The number of carbonyl (C=O) groups excluding carboxylic acids is 3. The average molecular weight is 896 g/mol. The summed E-state index contributed by atoms with van der Waals surface area (Å²) in [5.74, 6) is 0.599. The van der Waals surface area contributed by atoms with E-state index in [4.69, 9.17) is 9.15 Å². The molecule has 4 fully saturated rings. The van der Waals surface area contributed by atoms with E-state index < -0.39 is 24.1 Å². The van der Waals surface area contributed by atoms with E-state index in [0.29, 0.717) is 30.9 Å². The second kappa shape index (κ2) is 19.6. The van der Waals surface area contributed by atoms with E-state index in [2.05, 4.69) is 43.3 Å². The lowest BCUT2D eigenvalue weighted by Crippen LogP contribution is -2.47. The number of nitrogens with one attached hydrogen (secondary N) is 1. The number of rotatable bonds is 17. The number of likely N-dealkylation sites (N-methyl/N-ethyl adjacent to an activating group) is 1. The molecule has 1 aromatic carbocycles. The highest BCUT2D eigenvalue weighted by Gasteiger charge is 2.33. The molecule has 346 valence electrons. The third kappa shape index (κ3) is 10.4. The van der Waals surface area contributed by atoms with Gasteiger partial charge in [0.25, 0.3) is 12.3 Å². The van der Waals surface area contributed by atoms with Gasteiger partial charge in [-0.3, -0.25) is 38.1 Å². The van der Waals surface area contributed by atoms with Crippen LogP contribution in [0.15, 0.2) is 58.2 Å². The fourth-order valence-corrected chi connectivity index (χ4v) is 10.3. The zero-order chi connectivity index (χ0) is 45.2. The summed E-state index contributed by atoms with van der Waals surface area (Å²) in [5, 5.41) is 6.88. The van der Waals surface area contributed by atoms with Gasteiger partial charge in [0, 0.05) is 63.3 Å². The number of aryl methyl sites for hydroxylation is 3. The number of ether oxygens (including phenoxy) is 1. The third-order valence-corrected chi connectivity index (χ3v) is 13.9. The van der Waals surface area contributed by atoms with Crippen LogP contribution in [-0.4, -0.2) is 109 Å². The van der Waals surface area contributed by atoms with Crippen LogP contribution >= 0.6 is 0 Å². The molecule has 3 saturated carbocycles. The van der Waals surface area contributed by atoms with Crippen LogP contribution in [0, 0.1) is 11.8 Å². The third-order valence-electron chi connectivity index (χ3n) is 13.9. The van der Waals surface area contributed by atoms with Crippen LogP contribution in [0.1, 0.15) is 117 Å². The number of carbonyl (C=O) groups is 3. The number of aromatic nitrogens is 6. The van der Waals surface area contributed by atoms with Gasteiger partial charge in [0.15, 0.2) is 17.2 Å². The summed E-state index contributed by atoms with van der Waals surface area (Å²) in [4.78, 5) is 64.9. The summed E-state index contributed by atoms with van der Waals surface area (Å²) in [6.45, 7) is 4.94. The van der Waals surface area contributed by atoms with Gasteiger partial charge in [-0.05, 0) is 107 Å². The Kier molecular flexibility index (Phi) is 13.5. The number of amides is 1. The predicted octanol–water partition coefficient (Wildman–Crippen LogP) is 6.98. The molecular formula is C48H59F2N9O6. The maximum Gasteiger partial charge on any atom is 0.329 e. The smallest absolute Gasteiger partial charge is 0.329 e. The predicted molar refractivity (Wildman–Crippen MR) is 239 cm³/mol. The molecule has 1 saturated heterocycles. The number of pyridine rings is 1. The fourth-order valence-electron chi connectivity index (χ4n) is 10.3. The quantitative estimate of drug-likeness (QED) is 0.0959. The van der Waals surface area contributed by atoms with Crippen molar-refractivity contribution in [2.24, 2.45) is 18.9 Å². The van der Waals surface area contributed by atoms with Crippen LogP contribution in [0.3, 0.4) is 0 Å². The van der Waals surface area contributed by atoms with Gasteiger partial charge in [0.05, 0.1) is 47.9 Å². The molecule has 1 aliphatic heterocycles. The maximum atomic E-state index is 14.2. The molecule has 65 heavy (non-hydrogen) atoms. The van der Waals surface area contributed by atoms with Gasteiger partial charge in [-0.1, -0.05) is 25.0 Å². The van der Waals surface area contributed by atoms with E-state index in [1.165, 1.54) is 25.3 Å². The van der Waals surface area contributed by atoms with E-state index in [0.717, 1.165) is 112 Å². The number of imidazole rings is 1. The normalized spacial score (nSPS) is 22.1. The number of oxazole rings is 1. The van der Waals surface area contributed by atoms with Gasteiger partial charge in [0.1, 0.15) is 12.0 Å². The summed E-state index contributed by atoms with van der Waals surface area (Å²) in [7, 11) is 3.89. The number of halogens is 2. The molecule has 4 aromatic heterocycles. The number of morpholine rings is 1. The molecule has 5 heterocycles. The van der Waals surface area contributed by atoms with Crippen molar-refractivity contribution in [3.05, 3.63) is 82.1 Å². The molecule has 9 rings (SSSR count). The minimum absolute atomic E-state index is 0.0108. The molecule has 5 aromatic rings. The van der Waals surface area contributed by atoms with Gasteiger partial charge >= 0.3 is 5.69 Å². The van der Waals surface area contributed by atoms with Crippen LogP contribution in [-0.2, 0) is 34.2 Å². The lowest BCUT2D eigenvalue weighted by Gasteiger charge is -2.36. The SMILES string of the molecule is CN(CC1CCC(n2cc(NC(=O)c3coc(-c4ccnc(CCC5CC5)c4)n3)c(C(F)F)n2)CC1)C[C@H]1CN(CCCc2cccc3c2n(C)c(=O)n3C2CCC(=O)CC2=O)CCO1. The van der Waals surface area contributed by atoms with Crippen LogP contribution in [0.4, 0.5) is 14.5 Å². The Balaban J connectivity index is 0.731. The Labute approximate surface area is 376 Å². The first-order valence-electron chi connectivity index (χ1n) is 23.3. The van der Waals surface area contributed by atoms with Gasteiger partial charge in [0.2, 0.25) is 5.89 Å². The minimum atomic E-state index is -2.87. The van der Waals surface area contributed by atoms with E-state index >= 15 is 0 Å². The lowest BCUT2D eigenvalue weighted by atomic mass is 9.86. The molecular weight excluding hydrogens is 837 g/mol. The molecule has 2 atom stereocenters. The number of fused-ring (bicyclic) bond motifs is 1. The molecule has 1 unspecified atom stereocenters. The number of anilines is 1. The molecule has 0 bridgehead atoms. The van der Waals surface area contributed by atoms with Crippen molar-refractivity contribution in [2.75, 3.05) is 51.7 Å². The Hall–Kier alpha value is -5.39. The van der Waals surface area contributed by atoms with Crippen molar-refractivity contribution in [2.45, 2.75) is 108 Å². The van der Waals surface area contributed by atoms with Gasteiger partial charge in [-0.15, -0.1) is 0 Å².